The molecule has 1 amide bonds. The second-order valence-electron chi connectivity index (χ2n) is 6.45. The van der Waals surface area contributed by atoms with Gasteiger partial charge in [-0.15, -0.1) is 5.10 Å². The molecule has 2 heterocycles. The number of ether oxygens (including phenoxy) is 1. The molecule has 0 saturated carbocycles. The summed E-state index contributed by atoms with van der Waals surface area (Å²) in [5.74, 6) is 0. The van der Waals surface area contributed by atoms with Gasteiger partial charge >= 0.3 is 6.09 Å². The molecule has 0 aromatic carbocycles. The van der Waals surface area contributed by atoms with E-state index in [0.717, 1.165) is 25.1 Å². The maximum Gasteiger partial charge on any atom is 0.410 e. The van der Waals surface area contributed by atoms with E-state index in [1.54, 1.807) is 6.07 Å². The SMILES string of the molecule is CC(C)(C)OC(=O)N1CCC[C@@H]1CNCc1ccc(Cl)nn1. The number of amides is 1. The van der Waals surface area contributed by atoms with E-state index in [2.05, 4.69) is 15.5 Å². The Balaban J connectivity index is 1.81. The van der Waals surface area contributed by atoms with E-state index in [0.29, 0.717) is 18.2 Å². The lowest BCUT2D eigenvalue weighted by atomic mass is 10.2. The van der Waals surface area contributed by atoms with Crippen molar-refractivity contribution in [1.82, 2.24) is 20.4 Å². The predicted molar refractivity (Wildman–Crippen MR) is 84.7 cm³/mol. The second-order valence-corrected chi connectivity index (χ2v) is 6.84. The molecule has 1 aliphatic rings. The molecular weight excluding hydrogens is 304 g/mol. The Morgan fingerprint density at radius 1 is 1.45 bits per heavy atom. The van der Waals surface area contributed by atoms with Crippen LogP contribution in [-0.4, -0.2) is 45.9 Å². The standard InChI is InChI=1S/C15H23ClN4O2/c1-15(2,3)22-14(21)20-8-4-5-12(20)10-17-9-11-6-7-13(16)19-18-11/h6-7,12,17H,4-5,8-10H2,1-3H3/t12-/m1/s1. The average Bonchev–Trinajstić information content (AvgIpc) is 2.88. The van der Waals surface area contributed by atoms with Gasteiger partial charge in [-0.05, 0) is 45.7 Å². The fraction of sp³-hybridized carbons (Fsp3) is 0.667. The third-order valence-corrected chi connectivity index (χ3v) is 3.58. The van der Waals surface area contributed by atoms with Gasteiger partial charge in [-0.2, -0.15) is 5.10 Å². The summed E-state index contributed by atoms with van der Waals surface area (Å²) >= 11 is 5.70. The topological polar surface area (TPSA) is 67.3 Å². The van der Waals surface area contributed by atoms with Crippen LogP contribution in [0.1, 0.15) is 39.3 Å². The molecule has 0 spiro atoms. The number of hydrogen-bond acceptors (Lipinski definition) is 5. The number of likely N-dealkylation sites (tertiary alicyclic amines) is 1. The molecule has 1 atom stereocenters. The smallest absolute Gasteiger partial charge is 0.410 e. The van der Waals surface area contributed by atoms with Gasteiger partial charge in [0, 0.05) is 25.7 Å². The molecule has 1 aromatic rings. The number of rotatable bonds is 4. The number of carbonyl (C=O) groups is 1. The summed E-state index contributed by atoms with van der Waals surface area (Å²) in [4.78, 5) is 14.0. The first-order valence-corrected chi connectivity index (χ1v) is 7.91. The molecule has 7 heteroatoms. The van der Waals surface area contributed by atoms with Crippen molar-refractivity contribution in [2.75, 3.05) is 13.1 Å². The zero-order valence-electron chi connectivity index (χ0n) is 13.3. The van der Waals surface area contributed by atoms with Crippen molar-refractivity contribution >= 4 is 17.7 Å². The summed E-state index contributed by atoms with van der Waals surface area (Å²) < 4.78 is 5.45. The highest BCUT2D eigenvalue weighted by Gasteiger charge is 2.31. The van der Waals surface area contributed by atoms with Gasteiger partial charge in [0.2, 0.25) is 0 Å². The van der Waals surface area contributed by atoms with Crippen LogP contribution in [0, 0.1) is 0 Å². The first-order chi connectivity index (χ1) is 10.3. The number of aromatic nitrogens is 2. The molecule has 0 aliphatic carbocycles. The Hall–Kier alpha value is -1.40. The molecule has 2 rings (SSSR count). The lowest BCUT2D eigenvalue weighted by Crippen LogP contribution is -2.44. The normalized spacial score (nSPS) is 18.5. The maximum absolute atomic E-state index is 12.2. The predicted octanol–water partition coefficient (Wildman–Crippen LogP) is 2.62. The lowest BCUT2D eigenvalue weighted by molar-refractivity contribution is 0.0226. The number of carbonyl (C=O) groups excluding carboxylic acids is 1. The van der Waals surface area contributed by atoms with E-state index in [9.17, 15) is 4.79 Å². The summed E-state index contributed by atoms with van der Waals surface area (Å²) in [6.07, 6.45) is 1.76. The van der Waals surface area contributed by atoms with Crippen LogP contribution in [0.15, 0.2) is 12.1 Å². The van der Waals surface area contributed by atoms with Crippen molar-refractivity contribution in [2.24, 2.45) is 0 Å². The summed E-state index contributed by atoms with van der Waals surface area (Å²) in [5, 5.41) is 11.5. The number of halogens is 1. The van der Waals surface area contributed by atoms with Crippen LogP contribution < -0.4 is 5.32 Å². The summed E-state index contributed by atoms with van der Waals surface area (Å²) in [6.45, 7) is 7.71. The zero-order chi connectivity index (χ0) is 16.2. The largest absolute Gasteiger partial charge is 0.444 e. The van der Waals surface area contributed by atoms with Crippen LogP contribution in [-0.2, 0) is 11.3 Å². The Labute approximate surface area is 136 Å². The summed E-state index contributed by atoms with van der Waals surface area (Å²) in [6, 6.07) is 3.71. The summed E-state index contributed by atoms with van der Waals surface area (Å²) in [7, 11) is 0. The Morgan fingerprint density at radius 2 is 2.23 bits per heavy atom. The van der Waals surface area contributed by atoms with Crippen LogP contribution in [0.3, 0.4) is 0 Å². The maximum atomic E-state index is 12.2. The van der Waals surface area contributed by atoms with E-state index in [1.807, 2.05) is 31.7 Å². The summed E-state index contributed by atoms with van der Waals surface area (Å²) in [5.41, 5.74) is 0.363. The molecule has 122 valence electrons. The molecule has 1 fully saturated rings. The Morgan fingerprint density at radius 3 is 2.86 bits per heavy atom. The molecule has 1 aromatic heterocycles. The van der Waals surface area contributed by atoms with Crippen LogP contribution in [0.4, 0.5) is 4.79 Å². The zero-order valence-corrected chi connectivity index (χ0v) is 14.1. The van der Waals surface area contributed by atoms with E-state index in [4.69, 9.17) is 16.3 Å². The minimum Gasteiger partial charge on any atom is -0.444 e. The minimum absolute atomic E-state index is 0.162. The van der Waals surface area contributed by atoms with Gasteiger partial charge in [0.05, 0.1) is 5.69 Å². The van der Waals surface area contributed by atoms with Crippen molar-refractivity contribution < 1.29 is 9.53 Å². The quantitative estimate of drug-likeness (QED) is 0.921. The fourth-order valence-electron chi connectivity index (χ4n) is 2.41. The first-order valence-electron chi connectivity index (χ1n) is 7.53. The second kappa shape index (κ2) is 7.24. The third-order valence-electron chi connectivity index (χ3n) is 3.38. The van der Waals surface area contributed by atoms with Crippen molar-refractivity contribution in [1.29, 1.82) is 0 Å². The van der Waals surface area contributed by atoms with E-state index < -0.39 is 5.60 Å². The van der Waals surface area contributed by atoms with E-state index in [1.165, 1.54) is 0 Å². The van der Waals surface area contributed by atoms with Gasteiger partial charge in [0.25, 0.3) is 0 Å². The highest BCUT2D eigenvalue weighted by Crippen LogP contribution is 2.20. The minimum atomic E-state index is -0.462. The molecule has 0 radical (unpaired) electrons. The Kier molecular flexibility index (Phi) is 5.58. The lowest BCUT2D eigenvalue weighted by Gasteiger charge is -2.28. The van der Waals surface area contributed by atoms with Gasteiger partial charge in [-0.3, -0.25) is 0 Å². The van der Waals surface area contributed by atoms with Crippen molar-refractivity contribution in [3.05, 3.63) is 23.0 Å². The van der Waals surface area contributed by atoms with Gasteiger partial charge in [0.1, 0.15) is 5.60 Å². The van der Waals surface area contributed by atoms with Gasteiger partial charge in [-0.25, -0.2) is 4.79 Å². The number of hydrogen-bond donors (Lipinski definition) is 1. The van der Waals surface area contributed by atoms with Gasteiger partial charge in [0.15, 0.2) is 5.15 Å². The van der Waals surface area contributed by atoms with Crippen LogP contribution in [0.2, 0.25) is 5.15 Å². The highest BCUT2D eigenvalue weighted by atomic mass is 35.5. The first kappa shape index (κ1) is 17.0. The third kappa shape index (κ3) is 5.10. The number of nitrogens with one attached hydrogen (secondary N) is 1. The molecular formula is C15H23ClN4O2. The van der Waals surface area contributed by atoms with Gasteiger partial charge in [-0.1, -0.05) is 11.6 Å². The number of nitrogens with zero attached hydrogens (tertiary/aromatic N) is 3. The molecule has 6 nitrogen and oxygen atoms in total. The van der Waals surface area contributed by atoms with Crippen molar-refractivity contribution in [3.8, 4) is 0 Å². The molecule has 1 saturated heterocycles. The Bertz CT molecular complexity index is 501. The fourth-order valence-corrected chi connectivity index (χ4v) is 2.51. The van der Waals surface area contributed by atoms with E-state index in [-0.39, 0.29) is 12.1 Å². The molecule has 1 aliphatic heterocycles. The highest BCUT2D eigenvalue weighted by molar-refractivity contribution is 6.29. The van der Waals surface area contributed by atoms with Crippen LogP contribution >= 0.6 is 11.6 Å². The molecule has 0 unspecified atom stereocenters. The monoisotopic (exact) mass is 326 g/mol. The molecule has 1 N–H and O–H groups in total. The van der Waals surface area contributed by atoms with Gasteiger partial charge < -0.3 is 15.0 Å². The average molecular weight is 327 g/mol. The molecule has 22 heavy (non-hydrogen) atoms. The van der Waals surface area contributed by atoms with Crippen LogP contribution in [0.5, 0.6) is 0 Å². The van der Waals surface area contributed by atoms with E-state index >= 15 is 0 Å². The van der Waals surface area contributed by atoms with Crippen LogP contribution in [0.25, 0.3) is 0 Å². The van der Waals surface area contributed by atoms with Crippen molar-refractivity contribution in [2.45, 2.75) is 51.8 Å². The molecule has 0 bridgehead atoms. The van der Waals surface area contributed by atoms with Crippen molar-refractivity contribution in [3.63, 3.8) is 0 Å².